The fourth-order valence-electron chi connectivity index (χ4n) is 1.36. The number of hydrogen-bond donors (Lipinski definition) is 0. The first kappa shape index (κ1) is 13.8. The van der Waals surface area contributed by atoms with E-state index in [-0.39, 0.29) is 5.69 Å². The van der Waals surface area contributed by atoms with Crippen LogP contribution in [-0.4, -0.2) is 23.0 Å². The number of aromatic nitrogens is 2. The minimum Gasteiger partial charge on any atom is -0.464 e. The van der Waals surface area contributed by atoms with Gasteiger partial charge in [-0.3, -0.25) is 4.98 Å². The largest absolute Gasteiger partial charge is 0.464 e. The van der Waals surface area contributed by atoms with Crippen LogP contribution in [0.25, 0.3) is 0 Å². The Kier molecular flexibility index (Phi) is 4.76. The van der Waals surface area contributed by atoms with Crippen LogP contribution in [0.2, 0.25) is 5.02 Å². The summed E-state index contributed by atoms with van der Waals surface area (Å²) in [7, 11) is 1.32. The summed E-state index contributed by atoms with van der Waals surface area (Å²) in [6.45, 7) is 0. The summed E-state index contributed by atoms with van der Waals surface area (Å²) in [5, 5.41) is 1.39. The van der Waals surface area contributed by atoms with Crippen molar-refractivity contribution in [2.75, 3.05) is 7.11 Å². The zero-order valence-corrected chi connectivity index (χ0v) is 11.7. The zero-order chi connectivity index (χ0) is 13.7. The Hall–Kier alpha value is -1.59. The molecule has 0 saturated heterocycles. The molecular weight excluding hydrogens is 284 g/mol. The van der Waals surface area contributed by atoms with Gasteiger partial charge in [0.15, 0.2) is 5.69 Å². The molecule has 0 unspecified atom stereocenters. The first-order valence-corrected chi connectivity index (χ1v) is 6.83. The van der Waals surface area contributed by atoms with E-state index in [0.29, 0.717) is 10.0 Å². The van der Waals surface area contributed by atoms with Crippen molar-refractivity contribution < 1.29 is 9.53 Å². The average molecular weight is 295 g/mol. The number of ether oxygens (including phenoxy) is 1. The van der Waals surface area contributed by atoms with E-state index in [1.165, 1.54) is 25.1 Å². The molecule has 1 aromatic carbocycles. The number of methoxy groups -OCH3 is 1. The predicted octanol–water partition coefficient (Wildman–Crippen LogP) is 3.21. The lowest BCUT2D eigenvalue weighted by Gasteiger charge is -2.03. The van der Waals surface area contributed by atoms with Gasteiger partial charge in [0.25, 0.3) is 0 Å². The Morgan fingerprint density at radius 1 is 1.32 bits per heavy atom. The van der Waals surface area contributed by atoms with Gasteiger partial charge in [0.05, 0.1) is 19.5 Å². The fourth-order valence-corrected chi connectivity index (χ4v) is 2.29. The number of benzene rings is 1. The smallest absolute Gasteiger partial charge is 0.358 e. The van der Waals surface area contributed by atoms with Gasteiger partial charge >= 0.3 is 5.97 Å². The van der Waals surface area contributed by atoms with E-state index in [1.54, 1.807) is 6.20 Å². The molecule has 0 aliphatic carbocycles. The summed E-state index contributed by atoms with van der Waals surface area (Å²) in [6, 6.07) is 7.59. The lowest BCUT2D eigenvalue weighted by molar-refractivity contribution is 0.0592. The quantitative estimate of drug-likeness (QED) is 0.640. The van der Waals surface area contributed by atoms with Crippen molar-refractivity contribution in [3.8, 4) is 0 Å². The standard InChI is InChI=1S/C13H11ClN2O2S/c1-18-13(17)11-6-15-7-12(16-11)19-8-9-2-4-10(14)5-3-9/h2-7H,8H2,1H3. The van der Waals surface area contributed by atoms with E-state index in [9.17, 15) is 4.79 Å². The second kappa shape index (κ2) is 6.54. The van der Waals surface area contributed by atoms with Gasteiger partial charge in [-0.1, -0.05) is 23.7 Å². The Morgan fingerprint density at radius 3 is 2.74 bits per heavy atom. The number of nitrogens with zero attached hydrogens (tertiary/aromatic N) is 2. The highest BCUT2D eigenvalue weighted by Gasteiger charge is 2.08. The van der Waals surface area contributed by atoms with E-state index >= 15 is 0 Å². The molecular formula is C13H11ClN2O2S. The van der Waals surface area contributed by atoms with Gasteiger partial charge in [-0.15, -0.1) is 11.8 Å². The summed E-state index contributed by atoms with van der Waals surface area (Å²) in [5.74, 6) is 0.248. The Balaban J connectivity index is 2.03. The maximum atomic E-state index is 11.3. The molecule has 0 aliphatic heterocycles. The third-order valence-electron chi connectivity index (χ3n) is 2.31. The number of rotatable bonds is 4. The van der Waals surface area contributed by atoms with Crippen LogP contribution < -0.4 is 0 Å². The molecule has 2 rings (SSSR count). The molecule has 0 fully saturated rings. The molecule has 0 radical (unpaired) electrons. The summed E-state index contributed by atoms with van der Waals surface area (Å²) in [6.07, 6.45) is 3.01. The number of carbonyl (C=O) groups is 1. The van der Waals surface area contributed by atoms with Crippen molar-refractivity contribution in [1.29, 1.82) is 0 Å². The highest BCUT2D eigenvalue weighted by atomic mass is 35.5. The summed E-state index contributed by atoms with van der Waals surface area (Å²) >= 11 is 7.32. The Bertz CT molecular complexity index is 575. The number of esters is 1. The molecule has 0 spiro atoms. The van der Waals surface area contributed by atoms with Crippen LogP contribution in [0.1, 0.15) is 16.1 Å². The van der Waals surface area contributed by atoms with Gasteiger partial charge < -0.3 is 4.74 Å². The number of hydrogen-bond acceptors (Lipinski definition) is 5. The predicted molar refractivity (Wildman–Crippen MR) is 74.4 cm³/mol. The van der Waals surface area contributed by atoms with Gasteiger partial charge in [-0.2, -0.15) is 0 Å². The van der Waals surface area contributed by atoms with Gasteiger partial charge in [0, 0.05) is 10.8 Å². The number of thioether (sulfide) groups is 1. The molecule has 1 aromatic heterocycles. The highest BCUT2D eigenvalue weighted by Crippen LogP contribution is 2.21. The van der Waals surface area contributed by atoms with E-state index < -0.39 is 5.97 Å². The lowest BCUT2D eigenvalue weighted by atomic mass is 10.2. The second-order valence-electron chi connectivity index (χ2n) is 3.65. The molecule has 0 saturated carbocycles. The Morgan fingerprint density at radius 2 is 2.05 bits per heavy atom. The van der Waals surface area contributed by atoms with E-state index in [2.05, 4.69) is 14.7 Å². The summed E-state index contributed by atoms with van der Waals surface area (Å²) < 4.78 is 4.60. The van der Waals surface area contributed by atoms with Crippen LogP contribution in [0.5, 0.6) is 0 Å². The minimum absolute atomic E-state index is 0.212. The van der Waals surface area contributed by atoms with Crippen molar-refractivity contribution >= 4 is 29.3 Å². The summed E-state index contributed by atoms with van der Waals surface area (Å²) in [4.78, 5) is 19.5. The molecule has 6 heteroatoms. The monoisotopic (exact) mass is 294 g/mol. The molecule has 2 aromatic rings. The maximum absolute atomic E-state index is 11.3. The summed E-state index contributed by atoms with van der Waals surface area (Å²) in [5.41, 5.74) is 1.34. The van der Waals surface area contributed by atoms with Crippen LogP contribution in [0, 0.1) is 0 Å². The second-order valence-corrected chi connectivity index (χ2v) is 5.08. The van der Waals surface area contributed by atoms with Gasteiger partial charge in [0.2, 0.25) is 0 Å². The van der Waals surface area contributed by atoms with Gasteiger partial charge in [-0.05, 0) is 17.7 Å². The van der Waals surface area contributed by atoms with E-state index in [4.69, 9.17) is 11.6 Å². The fraction of sp³-hybridized carbons (Fsp3) is 0.154. The molecule has 19 heavy (non-hydrogen) atoms. The molecule has 98 valence electrons. The average Bonchev–Trinajstić information content (AvgIpc) is 2.46. The van der Waals surface area contributed by atoms with E-state index in [0.717, 1.165) is 11.3 Å². The van der Waals surface area contributed by atoms with Crippen LogP contribution in [0.15, 0.2) is 41.7 Å². The maximum Gasteiger partial charge on any atom is 0.358 e. The van der Waals surface area contributed by atoms with Crippen molar-refractivity contribution in [3.05, 3.63) is 52.9 Å². The van der Waals surface area contributed by atoms with E-state index in [1.807, 2.05) is 24.3 Å². The third kappa shape index (κ3) is 3.94. The van der Waals surface area contributed by atoms with Crippen molar-refractivity contribution in [1.82, 2.24) is 9.97 Å². The van der Waals surface area contributed by atoms with Crippen molar-refractivity contribution in [2.45, 2.75) is 10.8 Å². The first-order valence-electron chi connectivity index (χ1n) is 5.46. The molecule has 0 atom stereocenters. The Labute approximate surface area is 120 Å². The molecule has 1 heterocycles. The third-order valence-corrected chi connectivity index (χ3v) is 3.53. The molecule has 0 N–H and O–H groups in total. The topological polar surface area (TPSA) is 52.1 Å². The number of halogens is 1. The molecule has 4 nitrogen and oxygen atoms in total. The molecule has 0 bridgehead atoms. The van der Waals surface area contributed by atoms with Crippen LogP contribution in [-0.2, 0) is 10.5 Å². The van der Waals surface area contributed by atoms with Crippen molar-refractivity contribution in [2.24, 2.45) is 0 Å². The zero-order valence-electron chi connectivity index (χ0n) is 10.2. The SMILES string of the molecule is COC(=O)c1cncc(SCc2ccc(Cl)cc2)n1. The highest BCUT2D eigenvalue weighted by molar-refractivity contribution is 7.98. The number of carbonyl (C=O) groups excluding carboxylic acids is 1. The van der Waals surface area contributed by atoms with Gasteiger partial charge in [0.1, 0.15) is 5.03 Å². The lowest BCUT2D eigenvalue weighted by Crippen LogP contribution is -2.05. The molecule has 0 amide bonds. The van der Waals surface area contributed by atoms with Crippen LogP contribution in [0.4, 0.5) is 0 Å². The normalized spacial score (nSPS) is 10.2. The van der Waals surface area contributed by atoms with Crippen LogP contribution in [0.3, 0.4) is 0 Å². The first-order chi connectivity index (χ1) is 9.19. The van der Waals surface area contributed by atoms with Crippen molar-refractivity contribution in [3.63, 3.8) is 0 Å². The van der Waals surface area contributed by atoms with Gasteiger partial charge in [-0.25, -0.2) is 9.78 Å². The van der Waals surface area contributed by atoms with Crippen LogP contribution >= 0.6 is 23.4 Å². The minimum atomic E-state index is -0.485. The molecule has 0 aliphatic rings.